The van der Waals surface area contributed by atoms with Gasteiger partial charge in [-0.15, -0.1) is 10.2 Å². The van der Waals surface area contributed by atoms with Crippen LogP contribution in [-0.4, -0.2) is 70.7 Å². The largest absolute Gasteiger partial charge is 0.378 e. The van der Waals surface area contributed by atoms with Crippen molar-refractivity contribution >= 4 is 23.6 Å². The van der Waals surface area contributed by atoms with Crippen molar-refractivity contribution in [1.82, 2.24) is 19.7 Å². The number of morpholine rings is 1. The molecule has 1 amide bonds. The van der Waals surface area contributed by atoms with E-state index >= 15 is 0 Å². The summed E-state index contributed by atoms with van der Waals surface area (Å²) in [6.45, 7) is 5.39. The van der Waals surface area contributed by atoms with Crippen LogP contribution < -0.4 is 4.90 Å². The minimum atomic E-state index is -0.123. The molecule has 1 fully saturated rings. The molecule has 162 valence electrons. The lowest BCUT2D eigenvalue weighted by molar-refractivity contribution is -0.128. The number of aryl methyl sites for hydroxylation is 1. The molecule has 0 saturated carbocycles. The molecule has 0 N–H and O–H groups in total. The highest BCUT2D eigenvalue weighted by Crippen LogP contribution is 2.27. The molecule has 0 atom stereocenters. The minimum absolute atomic E-state index is 0.123. The van der Waals surface area contributed by atoms with Crippen LogP contribution in [0.15, 0.2) is 29.4 Å². The smallest absolute Gasteiger partial charge is 0.233 e. The third-order valence-corrected chi connectivity index (χ3v) is 5.78. The van der Waals surface area contributed by atoms with Crippen molar-refractivity contribution in [2.75, 3.05) is 50.0 Å². The molecule has 31 heavy (non-hydrogen) atoms. The van der Waals surface area contributed by atoms with E-state index in [1.165, 1.54) is 11.8 Å². The average Bonchev–Trinajstić information content (AvgIpc) is 3.22. The van der Waals surface area contributed by atoms with Crippen LogP contribution in [0.25, 0.3) is 5.69 Å². The molecule has 1 aliphatic heterocycles. The zero-order valence-corrected chi connectivity index (χ0v) is 18.3. The molecule has 1 aromatic heterocycles. The quantitative estimate of drug-likeness (QED) is 0.547. The second kappa shape index (κ2) is 11.3. The molecular weight excluding hydrogens is 414 g/mol. The Morgan fingerprint density at radius 2 is 1.77 bits per heavy atom. The molecule has 1 saturated heterocycles. The molecule has 2 aromatic rings. The highest BCUT2D eigenvalue weighted by atomic mass is 32.2. The van der Waals surface area contributed by atoms with E-state index < -0.39 is 0 Å². The lowest BCUT2D eigenvalue weighted by Crippen LogP contribution is -2.38. The van der Waals surface area contributed by atoms with Gasteiger partial charge in [0.25, 0.3) is 0 Å². The maximum atomic E-state index is 12.7. The van der Waals surface area contributed by atoms with Gasteiger partial charge in [0.15, 0.2) is 5.16 Å². The first-order valence-corrected chi connectivity index (χ1v) is 11.1. The average molecular weight is 440 g/mol. The molecule has 1 aliphatic rings. The molecule has 9 nitrogen and oxygen atoms in total. The number of amides is 1. The van der Waals surface area contributed by atoms with Gasteiger partial charge in [0.2, 0.25) is 11.9 Å². The van der Waals surface area contributed by atoms with Crippen LogP contribution in [0.1, 0.15) is 18.4 Å². The van der Waals surface area contributed by atoms with E-state index in [-0.39, 0.29) is 24.5 Å². The van der Waals surface area contributed by atoms with Crippen molar-refractivity contribution in [3.8, 4) is 17.8 Å². The fourth-order valence-electron chi connectivity index (χ4n) is 3.19. The van der Waals surface area contributed by atoms with Crippen molar-refractivity contribution in [3.05, 3.63) is 29.8 Å². The Hall–Kier alpha value is -3.08. The molecule has 10 heteroatoms. The molecule has 0 spiro atoms. The molecule has 0 radical (unpaired) electrons. The number of carbonyl (C=O) groups excluding carboxylic acids is 1. The first-order chi connectivity index (χ1) is 15.1. The maximum absolute atomic E-state index is 12.7. The summed E-state index contributed by atoms with van der Waals surface area (Å²) in [7, 11) is 0. The van der Waals surface area contributed by atoms with Crippen molar-refractivity contribution < 1.29 is 9.53 Å². The van der Waals surface area contributed by atoms with E-state index in [0.717, 1.165) is 30.3 Å². The molecule has 0 aliphatic carbocycles. The predicted octanol–water partition coefficient (Wildman–Crippen LogP) is 2.16. The van der Waals surface area contributed by atoms with Crippen molar-refractivity contribution in [1.29, 1.82) is 10.5 Å². The van der Waals surface area contributed by atoms with Gasteiger partial charge in [-0.2, -0.15) is 10.5 Å². The molecule has 2 heterocycles. The number of nitrogens with zero attached hydrogens (tertiary/aromatic N) is 7. The first-order valence-electron chi connectivity index (χ1n) is 10.1. The zero-order valence-electron chi connectivity index (χ0n) is 17.5. The van der Waals surface area contributed by atoms with Crippen LogP contribution in [0.2, 0.25) is 0 Å². The van der Waals surface area contributed by atoms with Gasteiger partial charge in [0, 0.05) is 26.2 Å². The number of carbonyl (C=O) groups is 1. The number of thioether (sulfide) groups is 1. The Balaban J connectivity index is 1.80. The topological polar surface area (TPSA) is 111 Å². The second-order valence-electron chi connectivity index (χ2n) is 7.04. The van der Waals surface area contributed by atoms with E-state index in [1.54, 1.807) is 4.90 Å². The summed E-state index contributed by atoms with van der Waals surface area (Å²) in [6.07, 6.45) is 0.477. The van der Waals surface area contributed by atoms with E-state index in [9.17, 15) is 4.79 Å². The summed E-state index contributed by atoms with van der Waals surface area (Å²) >= 11 is 1.31. The van der Waals surface area contributed by atoms with Gasteiger partial charge in [-0.25, -0.2) is 0 Å². The molecule has 0 unspecified atom stereocenters. The summed E-state index contributed by atoms with van der Waals surface area (Å²) in [5.74, 6) is 0.763. The summed E-state index contributed by atoms with van der Waals surface area (Å²) in [6, 6.07) is 12.2. The van der Waals surface area contributed by atoms with Gasteiger partial charge in [0.1, 0.15) is 0 Å². The van der Waals surface area contributed by atoms with Crippen LogP contribution in [0.3, 0.4) is 0 Å². The lowest BCUT2D eigenvalue weighted by atomic mass is 10.2. The summed E-state index contributed by atoms with van der Waals surface area (Å²) in [5.41, 5.74) is 2.08. The molecule has 0 bridgehead atoms. The van der Waals surface area contributed by atoms with Crippen LogP contribution in [0, 0.1) is 29.6 Å². The van der Waals surface area contributed by atoms with Gasteiger partial charge < -0.3 is 14.5 Å². The van der Waals surface area contributed by atoms with Crippen LogP contribution in [0.5, 0.6) is 0 Å². The maximum Gasteiger partial charge on any atom is 0.233 e. The SMILES string of the molecule is Cc1ccc(-n2c(SCC(=O)N(CCC#N)CCC#N)nnc2N2CCOCC2)cc1. The number of nitriles is 2. The van der Waals surface area contributed by atoms with Crippen LogP contribution >= 0.6 is 11.8 Å². The van der Waals surface area contributed by atoms with Gasteiger partial charge in [0.05, 0.1) is 49.6 Å². The molecule has 1 aromatic carbocycles. The minimum Gasteiger partial charge on any atom is -0.378 e. The summed E-state index contributed by atoms with van der Waals surface area (Å²) in [5, 5.41) is 27.1. The standard InChI is InChI=1S/C21H25N7O2S/c1-17-4-6-18(7-5-17)28-20(27-12-14-30-15-13-27)24-25-21(28)31-16-19(29)26(10-2-8-22)11-3-9-23/h4-7H,2-3,10-16H2,1H3. The first kappa shape index (κ1) is 22.6. The van der Waals surface area contributed by atoms with E-state index in [2.05, 4.69) is 27.2 Å². The molecular formula is C21H25N7O2S. The normalized spacial score (nSPS) is 13.5. The van der Waals surface area contributed by atoms with E-state index in [4.69, 9.17) is 15.3 Å². The third kappa shape index (κ3) is 5.97. The Morgan fingerprint density at radius 3 is 2.39 bits per heavy atom. The number of benzene rings is 1. The number of hydrogen-bond donors (Lipinski definition) is 0. The number of aromatic nitrogens is 3. The van der Waals surface area contributed by atoms with Gasteiger partial charge in [-0.3, -0.25) is 9.36 Å². The highest BCUT2D eigenvalue weighted by molar-refractivity contribution is 7.99. The van der Waals surface area contributed by atoms with Crippen LogP contribution in [-0.2, 0) is 9.53 Å². The molecule has 3 rings (SSSR count). The van der Waals surface area contributed by atoms with Crippen molar-refractivity contribution in [2.45, 2.75) is 24.9 Å². The number of ether oxygens (including phenoxy) is 1. The monoisotopic (exact) mass is 439 g/mol. The lowest BCUT2D eigenvalue weighted by Gasteiger charge is -2.28. The number of rotatable bonds is 9. The van der Waals surface area contributed by atoms with Gasteiger partial charge in [-0.1, -0.05) is 29.5 Å². The Labute approximate surface area is 186 Å². The van der Waals surface area contributed by atoms with Crippen molar-refractivity contribution in [2.24, 2.45) is 0 Å². The number of anilines is 1. The van der Waals surface area contributed by atoms with E-state index in [0.29, 0.717) is 31.5 Å². The summed E-state index contributed by atoms with van der Waals surface area (Å²) in [4.78, 5) is 16.4. The number of hydrogen-bond acceptors (Lipinski definition) is 8. The highest BCUT2D eigenvalue weighted by Gasteiger charge is 2.23. The fourth-order valence-corrected chi connectivity index (χ4v) is 4.04. The Bertz CT molecular complexity index is 938. The van der Waals surface area contributed by atoms with Crippen LogP contribution in [0.4, 0.5) is 5.95 Å². The van der Waals surface area contributed by atoms with Crippen molar-refractivity contribution in [3.63, 3.8) is 0 Å². The Kier molecular flexibility index (Phi) is 8.27. The second-order valence-corrected chi connectivity index (χ2v) is 7.98. The summed E-state index contributed by atoms with van der Waals surface area (Å²) < 4.78 is 7.43. The van der Waals surface area contributed by atoms with E-state index in [1.807, 2.05) is 35.8 Å². The van der Waals surface area contributed by atoms with Gasteiger partial charge >= 0.3 is 0 Å². The third-order valence-electron chi connectivity index (χ3n) is 4.87. The fraction of sp³-hybridized carbons (Fsp3) is 0.476. The zero-order chi connectivity index (χ0) is 22.1. The Morgan fingerprint density at radius 1 is 1.13 bits per heavy atom. The predicted molar refractivity (Wildman–Crippen MR) is 117 cm³/mol. The van der Waals surface area contributed by atoms with Gasteiger partial charge in [-0.05, 0) is 19.1 Å².